The second kappa shape index (κ2) is 5.54. The minimum atomic E-state index is -0.998. The Morgan fingerprint density at radius 1 is 1.63 bits per heavy atom. The van der Waals surface area contributed by atoms with Crippen LogP contribution in [-0.4, -0.2) is 53.1 Å². The second-order valence-electron chi connectivity index (χ2n) is 4.79. The highest BCUT2D eigenvalue weighted by Gasteiger charge is 2.28. The summed E-state index contributed by atoms with van der Waals surface area (Å²) < 4.78 is 5.47. The fourth-order valence-electron chi connectivity index (χ4n) is 2.21. The van der Waals surface area contributed by atoms with Gasteiger partial charge in [0.15, 0.2) is 0 Å². The van der Waals surface area contributed by atoms with E-state index in [4.69, 9.17) is 4.74 Å². The zero-order valence-electron chi connectivity index (χ0n) is 11.0. The summed E-state index contributed by atoms with van der Waals surface area (Å²) in [7, 11) is 0. The van der Waals surface area contributed by atoms with Crippen molar-refractivity contribution in [3.63, 3.8) is 0 Å². The summed E-state index contributed by atoms with van der Waals surface area (Å²) >= 11 is 0. The highest BCUT2D eigenvalue weighted by atomic mass is 16.5. The minimum Gasteiger partial charge on any atom is -0.478 e. The van der Waals surface area contributed by atoms with Gasteiger partial charge in [0.1, 0.15) is 5.56 Å². The van der Waals surface area contributed by atoms with Gasteiger partial charge in [-0.15, -0.1) is 0 Å². The molecule has 19 heavy (non-hydrogen) atoms. The summed E-state index contributed by atoms with van der Waals surface area (Å²) in [6.07, 6.45) is 1.09. The zero-order chi connectivity index (χ0) is 14.0. The number of aliphatic hydroxyl groups excluding tert-OH is 1. The lowest BCUT2D eigenvalue weighted by Gasteiger charge is -2.39. The van der Waals surface area contributed by atoms with E-state index in [1.807, 2.05) is 18.7 Å². The van der Waals surface area contributed by atoms with Crippen LogP contribution in [0.2, 0.25) is 0 Å². The lowest BCUT2D eigenvalue weighted by Crippen LogP contribution is -2.50. The molecule has 0 amide bonds. The topological polar surface area (TPSA) is 82.9 Å². The Morgan fingerprint density at radius 2 is 2.37 bits per heavy atom. The number of hydrogen-bond donors (Lipinski definition) is 2. The molecule has 0 aliphatic carbocycles. The number of carboxylic acids is 1. The number of rotatable bonds is 3. The molecular weight excluding hydrogens is 248 g/mol. The van der Waals surface area contributed by atoms with Gasteiger partial charge in [-0.2, -0.15) is 0 Å². The molecule has 0 bridgehead atoms. The zero-order valence-corrected chi connectivity index (χ0v) is 11.0. The summed E-state index contributed by atoms with van der Waals surface area (Å²) in [4.78, 5) is 17.3. The molecular formula is C13H18N2O4. The summed E-state index contributed by atoms with van der Waals surface area (Å²) in [6.45, 7) is 4.65. The monoisotopic (exact) mass is 266 g/mol. The van der Waals surface area contributed by atoms with E-state index in [-0.39, 0.29) is 24.3 Å². The van der Waals surface area contributed by atoms with Crippen LogP contribution in [0.25, 0.3) is 0 Å². The first-order valence-electron chi connectivity index (χ1n) is 6.22. The Labute approximate surface area is 111 Å². The van der Waals surface area contributed by atoms with Gasteiger partial charge in [0, 0.05) is 24.5 Å². The number of pyridine rings is 1. The number of carboxylic acid groups (broad SMARTS) is 1. The second-order valence-corrected chi connectivity index (χ2v) is 4.79. The predicted octanol–water partition coefficient (Wildman–Crippen LogP) is 0.674. The molecule has 2 atom stereocenters. The average molecular weight is 266 g/mol. The van der Waals surface area contributed by atoms with Gasteiger partial charge in [-0.3, -0.25) is 4.98 Å². The smallest absolute Gasteiger partial charge is 0.339 e. The first kappa shape index (κ1) is 13.8. The van der Waals surface area contributed by atoms with E-state index in [2.05, 4.69) is 4.98 Å². The van der Waals surface area contributed by atoms with Gasteiger partial charge in [-0.25, -0.2) is 4.79 Å². The number of aromatic nitrogens is 1. The average Bonchev–Trinajstić information content (AvgIpc) is 2.38. The standard InChI is InChI=1S/C13H18N2O4/c1-8-3-12(11(4-14-8)13(17)18)15-5-10(6-16)19-7-9(15)2/h3-4,9-10,16H,5-7H2,1-2H3,(H,17,18). The molecule has 0 saturated carbocycles. The van der Waals surface area contributed by atoms with Crippen LogP contribution in [0.4, 0.5) is 5.69 Å². The number of ether oxygens (including phenoxy) is 1. The molecule has 0 spiro atoms. The van der Waals surface area contributed by atoms with Crippen LogP contribution in [0.5, 0.6) is 0 Å². The quantitative estimate of drug-likeness (QED) is 0.837. The van der Waals surface area contributed by atoms with Gasteiger partial charge in [-0.05, 0) is 19.9 Å². The molecule has 2 heterocycles. The van der Waals surface area contributed by atoms with Crippen molar-refractivity contribution in [1.82, 2.24) is 4.98 Å². The molecule has 0 aromatic carbocycles. The normalized spacial score (nSPS) is 23.4. The summed E-state index contributed by atoms with van der Waals surface area (Å²) in [6, 6.07) is 1.82. The fourth-order valence-corrected chi connectivity index (χ4v) is 2.21. The first-order chi connectivity index (χ1) is 9.02. The van der Waals surface area contributed by atoms with E-state index in [0.717, 1.165) is 5.69 Å². The molecule has 1 aliphatic rings. The lowest BCUT2D eigenvalue weighted by atomic mass is 10.1. The van der Waals surface area contributed by atoms with E-state index >= 15 is 0 Å². The number of carbonyl (C=O) groups is 1. The number of anilines is 1. The Balaban J connectivity index is 2.38. The van der Waals surface area contributed by atoms with Crippen LogP contribution in [0, 0.1) is 6.92 Å². The number of aryl methyl sites for hydroxylation is 1. The summed E-state index contributed by atoms with van der Waals surface area (Å²) in [5.41, 5.74) is 1.57. The maximum Gasteiger partial charge on any atom is 0.339 e. The Bertz CT molecular complexity index is 478. The third kappa shape index (κ3) is 2.85. The summed E-state index contributed by atoms with van der Waals surface area (Å²) in [5, 5.41) is 18.4. The summed E-state index contributed by atoms with van der Waals surface area (Å²) in [5.74, 6) is -0.998. The molecule has 104 valence electrons. The van der Waals surface area contributed by atoms with Crippen molar-refractivity contribution >= 4 is 11.7 Å². The van der Waals surface area contributed by atoms with Gasteiger partial charge in [0.25, 0.3) is 0 Å². The minimum absolute atomic E-state index is 0.0581. The third-order valence-electron chi connectivity index (χ3n) is 3.27. The van der Waals surface area contributed by atoms with Gasteiger partial charge < -0.3 is 19.8 Å². The van der Waals surface area contributed by atoms with Crippen molar-refractivity contribution in [1.29, 1.82) is 0 Å². The number of nitrogens with zero attached hydrogens (tertiary/aromatic N) is 2. The highest BCUT2D eigenvalue weighted by molar-refractivity contribution is 5.94. The van der Waals surface area contributed by atoms with Crippen LogP contribution < -0.4 is 4.90 Å². The van der Waals surface area contributed by atoms with E-state index in [1.165, 1.54) is 6.20 Å². The van der Waals surface area contributed by atoms with Crippen molar-refractivity contribution in [3.05, 3.63) is 23.5 Å². The largest absolute Gasteiger partial charge is 0.478 e. The Hall–Kier alpha value is -1.66. The molecule has 6 heteroatoms. The molecule has 2 unspecified atom stereocenters. The molecule has 2 N–H and O–H groups in total. The van der Waals surface area contributed by atoms with Gasteiger partial charge in [0.2, 0.25) is 0 Å². The molecule has 1 aromatic rings. The van der Waals surface area contributed by atoms with Crippen molar-refractivity contribution in [2.75, 3.05) is 24.7 Å². The van der Waals surface area contributed by atoms with Crippen LogP contribution in [0.1, 0.15) is 23.0 Å². The van der Waals surface area contributed by atoms with Crippen molar-refractivity contribution in [2.24, 2.45) is 0 Å². The number of hydrogen-bond acceptors (Lipinski definition) is 5. The molecule has 1 fully saturated rings. The van der Waals surface area contributed by atoms with E-state index in [1.54, 1.807) is 6.07 Å². The van der Waals surface area contributed by atoms with Gasteiger partial charge in [0.05, 0.1) is 25.0 Å². The number of aromatic carboxylic acids is 1. The van der Waals surface area contributed by atoms with Crippen molar-refractivity contribution < 1.29 is 19.7 Å². The number of aliphatic hydroxyl groups is 1. The maximum atomic E-state index is 11.3. The highest BCUT2D eigenvalue weighted by Crippen LogP contribution is 2.26. The van der Waals surface area contributed by atoms with Crippen LogP contribution in [0.3, 0.4) is 0 Å². The van der Waals surface area contributed by atoms with E-state index in [9.17, 15) is 15.0 Å². The van der Waals surface area contributed by atoms with Crippen molar-refractivity contribution in [2.45, 2.75) is 26.0 Å². The van der Waals surface area contributed by atoms with Gasteiger partial charge >= 0.3 is 5.97 Å². The molecule has 1 aromatic heterocycles. The van der Waals surface area contributed by atoms with E-state index in [0.29, 0.717) is 18.8 Å². The van der Waals surface area contributed by atoms with Crippen LogP contribution >= 0.6 is 0 Å². The lowest BCUT2D eigenvalue weighted by molar-refractivity contribution is -0.0104. The molecule has 6 nitrogen and oxygen atoms in total. The maximum absolute atomic E-state index is 11.3. The molecule has 1 aliphatic heterocycles. The Kier molecular flexibility index (Phi) is 4.01. The number of morpholine rings is 1. The Morgan fingerprint density at radius 3 is 3.00 bits per heavy atom. The first-order valence-corrected chi connectivity index (χ1v) is 6.22. The molecule has 1 saturated heterocycles. The third-order valence-corrected chi connectivity index (χ3v) is 3.27. The predicted molar refractivity (Wildman–Crippen MR) is 69.6 cm³/mol. The van der Waals surface area contributed by atoms with Gasteiger partial charge in [-0.1, -0.05) is 0 Å². The SMILES string of the molecule is Cc1cc(N2CC(CO)OCC2C)c(C(=O)O)cn1. The van der Waals surface area contributed by atoms with Crippen molar-refractivity contribution in [3.8, 4) is 0 Å². The molecule has 0 radical (unpaired) electrons. The van der Waals surface area contributed by atoms with Crippen LogP contribution in [0.15, 0.2) is 12.3 Å². The molecule has 2 rings (SSSR count). The van der Waals surface area contributed by atoms with E-state index < -0.39 is 5.97 Å². The fraction of sp³-hybridized carbons (Fsp3) is 0.538. The van der Waals surface area contributed by atoms with Crippen LogP contribution in [-0.2, 0) is 4.74 Å².